The van der Waals surface area contributed by atoms with Crippen molar-refractivity contribution in [3.8, 4) is 0 Å². The summed E-state index contributed by atoms with van der Waals surface area (Å²) in [6.07, 6.45) is 4.02. The lowest BCUT2D eigenvalue weighted by molar-refractivity contribution is 0.0696. The number of carboxylic acids is 1. The second-order valence-electron chi connectivity index (χ2n) is 9.70. The molecule has 2 aromatic carbocycles. The van der Waals surface area contributed by atoms with E-state index in [4.69, 9.17) is 9.72 Å². The third-order valence-corrected chi connectivity index (χ3v) is 9.80. The molecule has 3 aromatic rings. The van der Waals surface area contributed by atoms with E-state index in [2.05, 4.69) is 11.5 Å². The highest BCUT2D eigenvalue weighted by Gasteiger charge is 2.29. The van der Waals surface area contributed by atoms with E-state index >= 15 is 0 Å². The number of imidazole rings is 1. The lowest BCUT2D eigenvalue weighted by Gasteiger charge is -2.30. The number of carboxylic acid groups (broad SMARTS) is 1. The number of hydrogen-bond acceptors (Lipinski definition) is 6. The van der Waals surface area contributed by atoms with Crippen molar-refractivity contribution in [1.29, 1.82) is 0 Å². The van der Waals surface area contributed by atoms with Crippen molar-refractivity contribution in [2.45, 2.75) is 61.1 Å². The van der Waals surface area contributed by atoms with Crippen molar-refractivity contribution < 1.29 is 23.1 Å². The van der Waals surface area contributed by atoms with E-state index in [-0.39, 0.29) is 16.6 Å². The molecule has 10 heteroatoms. The quantitative estimate of drug-likeness (QED) is 0.425. The lowest BCUT2D eigenvalue weighted by atomic mass is 10.0. The molecule has 3 heterocycles. The minimum absolute atomic E-state index is 0.0929. The van der Waals surface area contributed by atoms with E-state index in [9.17, 15) is 18.3 Å². The first kappa shape index (κ1) is 25.3. The van der Waals surface area contributed by atoms with Crippen LogP contribution in [0.1, 0.15) is 48.5 Å². The summed E-state index contributed by atoms with van der Waals surface area (Å²) < 4.78 is 36.3. The molecule has 5 rings (SSSR count). The molecule has 0 amide bonds. The van der Waals surface area contributed by atoms with Gasteiger partial charge in [-0.3, -0.25) is 0 Å². The van der Waals surface area contributed by atoms with Crippen LogP contribution in [0.4, 0.5) is 0 Å². The van der Waals surface area contributed by atoms with Gasteiger partial charge in [0.2, 0.25) is 10.0 Å². The molecule has 0 spiro atoms. The molecule has 2 unspecified atom stereocenters. The fourth-order valence-corrected chi connectivity index (χ4v) is 7.57. The van der Waals surface area contributed by atoms with Crippen LogP contribution in [-0.4, -0.2) is 59.2 Å². The maximum atomic E-state index is 13.4. The van der Waals surface area contributed by atoms with Crippen LogP contribution in [0.15, 0.2) is 52.5 Å². The van der Waals surface area contributed by atoms with Crippen LogP contribution in [-0.2, 0) is 27.1 Å². The van der Waals surface area contributed by atoms with E-state index < -0.39 is 16.0 Å². The molecular weight excluding hydrogens is 498 g/mol. The molecule has 2 fully saturated rings. The molecule has 2 aliphatic rings. The van der Waals surface area contributed by atoms with E-state index in [1.807, 2.05) is 12.1 Å². The van der Waals surface area contributed by atoms with Crippen LogP contribution in [0.5, 0.6) is 0 Å². The Hall–Kier alpha value is -2.40. The van der Waals surface area contributed by atoms with Gasteiger partial charge >= 0.3 is 5.97 Å². The molecule has 36 heavy (non-hydrogen) atoms. The number of fused-ring (bicyclic) bond motifs is 1. The molecule has 0 aliphatic carbocycles. The Morgan fingerprint density at radius 1 is 1.19 bits per heavy atom. The molecular formula is C26H31N3O5S2. The van der Waals surface area contributed by atoms with Crippen molar-refractivity contribution in [2.75, 3.05) is 19.7 Å². The molecule has 8 nitrogen and oxygen atoms in total. The van der Waals surface area contributed by atoms with Gasteiger partial charge in [0.15, 0.2) is 5.16 Å². The van der Waals surface area contributed by atoms with E-state index in [1.54, 1.807) is 34.6 Å². The van der Waals surface area contributed by atoms with Gasteiger partial charge in [-0.25, -0.2) is 18.2 Å². The molecule has 2 saturated heterocycles. The zero-order chi connectivity index (χ0) is 25.3. The summed E-state index contributed by atoms with van der Waals surface area (Å²) in [5.41, 5.74) is 2.65. The van der Waals surface area contributed by atoms with Crippen molar-refractivity contribution in [2.24, 2.45) is 5.92 Å². The number of sulfonamides is 1. The topological polar surface area (TPSA) is 102 Å². The van der Waals surface area contributed by atoms with Gasteiger partial charge in [0.25, 0.3) is 0 Å². The Balaban J connectivity index is 1.46. The number of rotatable bonds is 8. The maximum absolute atomic E-state index is 13.4. The second kappa shape index (κ2) is 10.5. The van der Waals surface area contributed by atoms with E-state index in [0.717, 1.165) is 48.5 Å². The molecule has 2 aliphatic heterocycles. The predicted octanol–water partition coefficient (Wildman–Crippen LogP) is 4.63. The van der Waals surface area contributed by atoms with Gasteiger partial charge < -0.3 is 14.4 Å². The average molecular weight is 530 g/mol. The number of thioether (sulfide) groups is 1. The average Bonchev–Trinajstić information content (AvgIpc) is 3.51. The van der Waals surface area contributed by atoms with Crippen molar-refractivity contribution >= 4 is 38.8 Å². The number of hydrogen-bond donors (Lipinski definition) is 1. The molecule has 1 N–H and O–H groups in total. The van der Waals surface area contributed by atoms with Gasteiger partial charge in [0.05, 0.1) is 34.1 Å². The number of carbonyl (C=O) groups is 1. The summed E-state index contributed by atoms with van der Waals surface area (Å²) in [5.74, 6) is -0.0536. The van der Waals surface area contributed by atoms with Gasteiger partial charge in [-0.1, -0.05) is 30.8 Å². The Kier molecular flexibility index (Phi) is 7.39. The second-order valence-corrected chi connectivity index (χ2v) is 12.6. The van der Waals surface area contributed by atoms with Crippen LogP contribution in [0.25, 0.3) is 11.0 Å². The normalized spacial score (nSPS) is 21.2. The van der Waals surface area contributed by atoms with Crippen molar-refractivity contribution in [3.05, 3.63) is 53.6 Å². The Morgan fingerprint density at radius 2 is 2.06 bits per heavy atom. The van der Waals surface area contributed by atoms with Crippen LogP contribution in [0.2, 0.25) is 0 Å². The van der Waals surface area contributed by atoms with Crippen LogP contribution >= 0.6 is 11.8 Å². The van der Waals surface area contributed by atoms with Gasteiger partial charge in [0, 0.05) is 25.4 Å². The van der Waals surface area contributed by atoms with E-state index in [1.165, 1.54) is 11.8 Å². The fraction of sp³-hybridized carbons (Fsp3) is 0.462. The number of ether oxygens (including phenoxy) is 1. The Labute approximate surface area is 215 Å². The Bertz CT molecular complexity index is 1370. The van der Waals surface area contributed by atoms with E-state index in [0.29, 0.717) is 36.8 Å². The minimum Gasteiger partial charge on any atom is -0.478 e. The summed E-state index contributed by atoms with van der Waals surface area (Å²) in [6, 6.07) is 12.1. The highest BCUT2D eigenvalue weighted by molar-refractivity contribution is 7.98. The third kappa shape index (κ3) is 5.32. The number of aromatic carboxylic acids is 1. The largest absolute Gasteiger partial charge is 0.478 e. The summed E-state index contributed by atoms with van der Waals surface area (Å²) in [7, 11) is -3.58. The highest BCUT2D eigenvalue weighted by atomic mass is 32.2. The van der Waals surface area contributed by atoms with Crippen LogP contribution < -0.4 is 0 Å². The number of piperidine rings is 1. The summed E-state index contributed by atoms with van der Waals surface area (Å²) in [5, 5.41) is 10.1. The zero-order valence-electron chi connectivity index (χ0n) is 20.3. The molecule has 1 aromatic heterocycles. The smallest absolute Gasteiger partial charge is 0.335 e. The van der Waals surface area contributed by atoms with Crippen LogP contribution in [0, 0.1) is 5.92 Å². The lowest BCUT2D eigenvalue weighted by Crippen LogP contribution is -2.39. The first-order chi connectivity index (χ1) is 17.3. The standard InChI is InChI=1S/C26H31N3O5S2/c1-18-5-3-11-28(15-18)36(32,33)22-9-10-24-23(14-22)27-26(29(24)16-21-8-4-12-34-21)35-17-19-6-2-7-20(13-19)25(30)31/h2,6-7,9-10,13-14,18,21H,3-5,8,11-12,15-17H2,1H3,(H,30,31). The van der Waals surface area contributed by atoms with Gasteiger partial charge in [-0.2, -0.15) is 4.31 Å². The minimum atomic E-state index is -3.58. The predicted molar refractivity (Wildman–Crippen MR) is 139 cm³/mol. The molecule has 2 atom stereocenters. The number of aromatic nitrogens is 2. The van der Waals surface area contributed by atoms with Crippen molar-refractivity contribution in [3.63, 3.8) is 0 Å². The summed E-state index contributed by atoms with van der Waals surface area (Å²) in [6.45, 7) is 4.58. The summed E-state index contributed by atoms with van der Waals surface area (Å²) in [4.78, 5) is 16.5. The number of benzene rings is 2. The van der Waals surface area contributed by atoms with Gasteiger partial charge in [-0.15, -0.1) is 0 Å². The molecule has 0 radical (unpaired) electrons. The molecule has 0 saturated carbocycles. The fourth-order valence-electron chi connectivity index (χ4n) is 4.98. The van der Waals surface area contributed by atoms with Crippen LogP contribution in [0.3, 0.4) is 0 Å². The monoisotopic (exact) mass is 529 g/mol. The maximum Gasteiger partial charge on any atom is 0.335 e. The third-order valence-electron chi connectivity index (χ3n) is 6.89. The van der Waals surface area contributed by atoms with Gasteiger partial charge in [-0.05, 0) is 67.5 Å². The van der Waals surface area contributed by atoms with Gasteiger partial charge in [0.1, 0.15) is 0 Å². The highest BCUT2D eigenvalue weighted by Crippen LogP contribution is 2.31. The zero-order valence-corrected chi connectivity index (χ0v) is 21.9. The first-order valence-electron chi connectivity index (χ1n) is 12.4. The first-order valence-corrected chi connectivity index (χ1v) is 14.8. The van der Waals surface area contributed by atoms with Crippen molar-refractivity contribution in [1.82, 2.24) is 13.9 Å². The molecule has 192 valence electrons. The number of nitrogens with zero attached hydrogens (tertiary/aromatic N) is 3. The summed E-state index contributed by atoms with van der Waals surface area (Å²) >= 11 is 1.51. The SMILES string of the molecule is CC1CCCN(S(=O)(=O)c2ccc3c(c2)nc(SCc2cccc(C(=O)O)c2)n3CC2CCCO2)C1. The Morgan fingerprint density at radius 3 is 2.81 bits per heavy atom. The molecule has 0 bridgehead atoms.